The van der Waals surface area contributed by atoms with E-state index in [1.54, 1.807) is 64.5 Å². The van der Waals surface area contributed by atoms with Crippen molar-refractivity contribution >= 4 is 23.8 Å². The van der Waals surface area contributed by atoms with Crippen molar-refractivity contribution in [2.24, 2.45) is 9.98 Å². The Balaban J connectivity index is 1.25. The van der Waals surface area contributed by atoms with E-state index in [-0.39, 0.29) is 11.6 Å². The number of para-hydroxylation sites is 6. The highest BCUT2D eigenvalue weighted by Crippen LogP contribution is 2.38. The van der Waals surface area contributed by atoms with Gasteiger partial charge in [0.1, 0.15) is 22.8 Å². The SMILES string of the molecule is OOc1ccccc1N=Cc1c(-c2ccccn2)nn(-c2ccccc2)c1OC1Oc2ccccc2N=Cc2c(-c3ccccn3)nn(-c3ccccc3)c2O1. The first-order valence-corrected chi connectivity index (χ1v) is 17.5. The number of ether oxygens (including phenoxy) is 3. The maximum absolute atomic E-state index is 9.60. The Morgan fingerprint density at radius 3 is 1.98 bits per heavy atom. The highest BCUT2D eigenvalue weighted by Gasteiger charge is 2.31. The van der Waals surface area contributed by atoms with Gasteiger partial charge < -0.3 is 19.1 Å². The number of aliphatic imine (C=N–C) groups is 2. The van der Waals surface area contributed by atoms with Gasteiger partial charge in [0.15, 0.2) is 11.5 Å². The summed E-state index contributed by atoms with van der Waals surface area (Å²) >= 11 is 0. The van der Waals surface area contributed by atoms with Crippen LogP contribution in [0.15, 0.2) is 168 Å². The largest absolute Gasteiger partial charge is 0.420 e. The molecule has 13 nitrogen and oxygen atoms in total. The minimum absolute atomic E-state index is 0.158. The number of benzene rings is 4. The fourth-order valence-corrected chi connectivity index (χ4v) is 6.09. The molecule has 0 radical (unpaired) electrons. The molecule has 4 aromatic carbocycles. The van der Waals surface area contributed by atoms with Crippen molar-refractivity contribution in [1.82, 2.24) is 29.5 Å². The number of nitrogens with zero attached hydrogens (tertiary/aromatic N) is 8. The Morgan fingerprint density at radius 2 is 1.27 bits per heavy atom. The van der Waals surface area contributed by atoms with E-state index >= 15 is 0 Å². The molecule has 56 heavy (non-hydrogen) atoms. The van der Waals surface area contributed by atoms with Crippen molar-refractivity contribution in [3.63, 3.8) is 0 Å². The Hall–Kier alpha value is -7.90. The van der Waals surface area contributed by atoms with Gasteiger partial charge >= 0.3 is 6.48 Å². The highest BCUT2D eigenvalue weighted by molar-refractivity contribution is 5.94. The molecule has 9 rings (SSSR count). The third kappa shape index (κ3) is 6.72. The molecular weight excluding hydrogens is 709 g/mol. The lowest BCUT2D eigenvalue weighted by Gasteiger charge is -2.22. The van der Waals surface area contributed by atoms with E-state index in [1.165, 1.54) is 0 Å². The van der Waals surface area contributed by atoms with Crippen LogP contribution in [0.4, 0.5) is 11.4 Å². The first kappa shape index (κ1) is 33.9. The topological polar surface area (TPSA) is 143 Å². The monoisotopic (exact) mass is 738 g/mol. The number of rotatable bonds is 9. The molecule has 0 aliphatic carbocycles. The molecule has 13 heteroatoms. The molecule has 4 aromatic heterocycles. The summed E-state index contributed by atoms with van der Waals surface area (Å²) in [7, 11) is 0. The van der Waals surface area contributed by atoms with Crippen LogP contribution < -0.4 is 19.1 Å². The molecule has 1 aliphatic rings. The van der Waals surface area contributed by atoms with Gasteiger partial charge in [-0.2, -0.15) is 19.6 Å². The smallest absolute Gasteiger partial charge is 0.409 e. The lowest BCUT2D eigenvalue weighted by Crippen LogP contribution is -2.32. The standard InChI is InChI=1S/C43H30N8O5/c52-56-38-24-10-8-20-34(38)47-28-32-40(36-22-12-14-26-45-36)49-51(30-17-5-2-6-18-30)42(32)55-43-53-37-23-9-7-19-33(37)46-27-31-39(35-21-11-13-25-44-35)48-50(41(31)54-43)29-15-3-1-4-16-29/h1-28,43,52H. The van der Waals surface area contributed by atoms with Crippen LogP contribution >= 0.6 is 0 Å². The molecule has 1 N–H and O–H groups in total. The van der Waals surface area contributed by atoms with Gasteiger partial charge in [-0.05, 0) is 72.8 Å². The average molecular weight is 739 g/mol. The number of hydrogen-bond acceptors (Lipinski definition) is 11. The van der Waals surface area contributed by atoms with Crippen LogP contribution in [-0.2, 0) is 0 Å². The third-order valence-electron chi connectivity index (χ3n) is 8.71. The van der Waals surface area contributed by atoms with Crippen LogP contribution in [0.1, 0.15) is 11.1 Å². The van der Waals surface area contributed by atoms with Gasteiger partial charge in [0.2, 0.25) is 11.8 Å². The van der Waals surface area contributed by atoms with Gasteiger partial charge in [0.05, 0.1) is 33.9 Å². The van der Waals surface area contributed by atoms with Gasteiger partial charge in [0.25, 0.3) is 0 Å². The van der Waals surface area contributed by atoms with Gasteiger partial charge in [0, 0.05) is 24.8 Å². The van der Waals surface area contributed by atoms with E-state index in [0.29, 0.717) is 62.6 Å². The summed E-state index contributed by atoms with van der Waals surface area (Å²) in [6.45, 7) is -1.46. The number of pyridine rings is 2. The van der Waals surface area contributed by atoms with E-state index < -0.39 is 6.48 Å². The van der Waals surface area contributed by atoms with Gasteiger partial charge in [-0.1, -0.05) is 72.8 Å². The summed E-state index contributed by atoms with van der Waals surface area (Å²) in [6.07, 6.45) is 6.66. The van der Waals surface area contributed by atoms with Crippen molar-refractivity contribution in [2.45, 2.75) is 6.48 Å². The predicted molar refractivity (Wildman–Crippen MR) is 210 cm³/mol. The van der Waals surface area contributed by atoms with E-state index in [0.717, 1.165) is 5.69 Å². The Bertz CT molecular complexity index is 2670. The maximum atomic E-state index is 9.60. The summed E-state index contributed by atoms with van der Waals surface area (Å²) in [5, 5.41) is 19.6. The zero-order valence-corrected chi connectivity index (χ0v) is 29.4. The van der Waals surface area contributed by atoms with Crippen LogP contribution in [0.25, 0.3) is 34.2 Å². The number of fused-ring (bicyclic) bond motifs is 2. The predicted octanol–water partition coefficient (Wildman–Crippen LogP) is 8.67. The van der Waals surface area contributed by atoms with E-state index in [1.807, 2.05) is 115 Å². The Labute approximate surface area is 320 Å². The lowest BCUT2D eigenvalue weighted by atomic mass is 10.2. The number of hydrogen-bond donors (Lipinski definition) is 1. The summed E-state index contributed by atoms with van der Waals surface area (Å²) < 4.78 is 23.6. The van der Waals surface area contributed by atoms with Crippen molar-refractivity contribution in [1.29, 1.82) is 0 Å². The normalized spacial score (nSPS) is 13.4. The molecule has 5 heterocycles. The summed E-state index contributed by atoms with van der Waals surface area (Å²) in [4.78, 5) is 23.4. The van der Waals surface area contributed by atoms with Gasteiger partial charge in [-0.15, -0.1) is 0 Å². The van der Waals surface area contributed by atoms with Crippen molar-refractivity contribution in [3.05, 3.63) is 169 Å². The Morgan fingerprint density at radius 1 is 0.643 bits per heavy atom. The molecule has 0 spiro atoms. The van der Waals surface area contributed by atoms with Crippen molar-refractivity contribution in [3.8, 4) is 57.4 Å². The van der Waals surface area contributed by atoms with E-state index in [2.05, 4.69) is 14.9 Å². The first-order valence-electron chi connectivity index (χ1n) is 17.5. The van der Waals surface area contributed by atoms with E-state index in [4.69, 9.17) is 34.4 Å². The van der Waals surface area contributed by atoms with Crippen LogP contribution in [0.2, 0.25) is 0 Å². The summed E-state index contributed by atoms with van der Waals surface area (Å²) in [5.41, 5.74) is 5.44. The molecule has 0 saturated carbocycles. The molecule has 1 atom stereocenters. The molecule has 8 aromatic rings. The third-order valence-corrected chi connectivity index (χ3v) is 8.71. The Kier molecular flexibility index (Phi) is 9.21. The molecule has 0 amide bonds. The van der Waals surface area contributed by atoms with Crippen molar-refractivity contribution < 1.29 is 24.4 Å². The zero-order chi connectivity index (χ0) is 37.7. The molecule has 0 fully saturated rings. The quantitative estimate of drug-likeness (QED) is 0.0874. The summed E-state index contributed by atoms with van der Waals surface area (Å²) in [6, 6.07) is 44.4. The van der Waals surface area contributed by atoms with E-state index in [9.17, 15) is 5.26 Å². The minimum Gasteiger partial charge on any atom is -0.420 e. The highest BCUT2D eigenvalue weighted by atomic mass is 17.1. The molecule has 272 valence electrons. The minimum atomic E-state index is -1.46. The van der Waals surface area contributed by atoms with Crippen LogP contribution in [-0.4, -0.2) is 53.7 Å². The second-order valence-corrected chi connectivity index (χ2v) is 12.2. The fourth-order valence-electron chi connectivity index (χ4n) is 6.09. The van der Waals surface area contributed by atoms with Crippen molar-refractivity contribution in [2.75, 3.05) is 0 Å². The van der Waals surface area contributed by atoms with Crippen LogP contribution in [0.3, 0.4) is 0 Å². The van der Waals surface area contributed by atoms with Crippen LogP contribution in [0, 0.1) is 0 Å². The average Bonchev–Trinajstić information content (AvgIpc) is 3.83. The summed E-state index contributed by atoms with van der Waals surface area (Å²) in [5.74, 6) is 1.06. The fraction of sp³-hybridized carbons (Fsp3) is 0.0233. The zero-order valence-electron chi connectivity index (χ0n) is 29.4. The molecule has 0 bridgehead atoms. The van der Waals surface area contributed by atoms with Gasteiger partial charge in [-0.25, -0.2) is 5.26 Å². The van der Waals surface area contributed by atoms with Crippen LogP contribution in [0.5, 0.6) is 23.3 Å². The molecule has 0 saturated heterocycles. The lowest BCUT2D eigenvalue weighted by molar-refractivity contribution is -0.145. The number of aromatic nitrogens is 6. The molecule has 1 unspecified atom stereocenters. The second kappa shape index (κ2) is 15.2. The maximum Gasteiger partial charge on any atom is 0.409 e. The van der Waals surface area contributed by atoms with Gasteiger partial charge in [-0.3, -0.25) is 20.0 Å². The molecular formula is C43H30N8O5. The second-order valence-electron chi connectivity index (χ2n) is 12.2. The molecule has 1 aliphatic heterocycles. The first-order chi connectivity index (χ1) is 27.7.